The minimum atomic E-state index is -0.701. The SMILES string of the molecule is CC(CO)C(C)N=C1NC(=O)C(=O)N1. The maximum atomic E-state index is 10.8. The van der Waals surface area contributed by atoms with E-state index in [0.29, 0.717) is 0 Å². The molecule has 1 heterocycles. The highest BCUT2D eigenvalue weighted by molar-refractivity contribution is 6.45. The quantitative estimate of drug-likeness (QED) is 0.488. The fraction of sp³-hybridized carbons (Fsp3) is 0.625. The van der Waals surface area contributed by atoms with E-state index < -0.39 is 11.8 Å². The van der Waals surface area contributed by atoms with Crippen LogP contribution >= 0.6 is 0 Å². The summed E-state index contributed by atoms with van der Waals surface area (Å²) in [4.78, 5) is 25.5. The molecule has 3 N–H and O–H groups in total. The van der Waals surface area contributed by atoms with Gasteiger partial charge in [0.05, 0.1) is 6.04 Å². The van der Waals surface area contributed by atoms with Crippen LogP contribution < -0.4 is 10.6 Å². The Morgan fingerprint density at radius 2 is 1.79 bits per heavy atom. The van der Waals surface area contributed by atoms with Gasteiger partial charge in [-0.3, -0.25) is 20.2 Å². The lowest BCUT2D eigenvalue weighted by Crippen LogP contribution is -2.29. The van der Waals surface area contributed by atoms with Gasteiger partial charge in [-0.2, -0.15) is 0 Å². The minimum absolute atomic E-state index is 0.0137. The first-order valence-corrected chi connectivity index (χ1v) is 4.35. The molecular weight excluding hydrogens is 186 g/mol. The molecule has 0 aromatic rings. The monoisotopic (exact) mass is 199 g/mol. The van der Waals surface area contributed by atoms with Crippen LogP contribution in [0.4, 0.5) is 0 Å². The number of carbonyl (C=O) groups excluding carboxylic acids is 2. The van der Waals surface area contributed by atoms with Gasteiger partial charge >= 0.3 is 11.8 Å². The van der Waals surface area contributed by atoms with Crippen molar-refractivity contribution in [3.8, 4) is 0 Å². The van der Waals surface area contributed by atoms with E-state index in [1.165, 1.54) is 0 Å². The Morgan fingerprint density at radius 1 is 1.29 bits per heavy atom. The van der Waals surface area contributed by atoms with E-state index in [-0.39, 0.29) is 24.5 Å². The molecule has 2 unspecified atom stereocenters. The van der Waals surface area contributed by atoms with Crippen molar-refractivity contribution in [3.05, 3.63) is 0 Å². The Bertz CT molecular complexity index is 270. The number of nitrogens with zero attached hydrogens (tertiary/aromatic N) is 1. The Hall–Kier alpha value is -1.43. The third-order valence-electron chi connectivity index (χ3n) is 2.11. The van der Waals surface area contributed by atoms with Gasteiger partial charge in [-0.05, 0) is 6.92 Å². The second-order valence-electron chi connectivity index (χ2n) is 3.29. The number of hydrogen-bond donors (Lipinski definition) is 3. The maximum absolute atomic E-state index is 10.8. The van der Waals surface area contributed by atoms with E-state index in [9.17, 15) is 9.59 Å². The number of rotatable bonds is 3. The number of nitrogens with one attached hydrogen (secondary N) is 2. The van der Waals surface area contributed by atoms with Crippen LogP contribution in [0.25, 0.3) is 0 Å². The zero-order valence-corrected chi connectivity index (χ0v) is 8.07. The van der Waals surface area contributed by atoms with E-state index in [1.54, 1.807) is 6.92 Å². The van der Waals surface area contributed by atoms with Crippen LogP contribution in [-0.2, 0) is 9.59 Å². The molecular formula is C8H13N3O3. The van der Waals surface area contributed by atoms with Crippen LogP contribution in [0.1, 0.15) is 13.8 Å². The van der Waals surface area contributed by atoms with E-state index in [1.807, 2.05) is 6.92 Å². The van der Waals surface area contributed by atoms with Gasteiger partial charge in [-0.1, -0.05) is 6.92 Å². The van der Waals surface area contributed by atoms with E-state index in [0.717, 1.165) is 0 Å². The van der Waals surface area contributed by atoms with Gasteiger partial charge in [0.15, 0.2) is 0 Å². The number of aliphatic hydroxyl groups is 1. The molecule has 1 rings (SSSR count). The summed E-state index contributed by atoms with van der Waals surface area (Å²) in [6.07, 6.45) is 0. The second-order valence-corrected chi connectivity index (χ2v) is 3.29. The summed E-state index contributed by atoms with van der Waals surface area (Å²) >= 11 is 0. The molecule has 0 aromatic heterocycles. The van der Waals surface area contributed by atoms with Crippen molar-refractivity contribution in [2.45, 2.75) is 19.9 Å². The van der Waals surface area contributed by atoms with Gasteiger partial charge < -0.3 is 5.11 Å². The van der Waals surface area contributed by atoms with Crippen molar-refractivity contribution in [1.29, 1.82) is 0 Å². The van der Waals surface area contributed by atoms with Crippen LogP contribution in [-0.4, -0.2) is 35.5 Å². The minimum Gasteiger partial charge on any atom is -0.396 e. The molecule has 0 aliphatic carbocycles. The lowest BCUT2D eigenvalue weighted by molar-refractivity contribution is -0.135. The molecule has 0 saturated carbocycles. The van der Waals surface area contributed by atoms with Gasteiger partial charge in [0, 0.05) is 12.5 Å². The number of amides is 2. The average molecular weight is 199 g/mol. The molecule has 1 aliphatic heterocycles. The highest BCUT2D eigenvalue weighted by Gasteiger charge is 2.26. The molecule has 78 valence electrons. The molecule has 6 nitrogen and oxygen atoms in total. The predicted octanol–water partition coefficient (Wildman–Crippen LogP) is -1.39. The van der Waals surface area contributed by atoms with Crippen molar-refractivity contribution in [1.82, 2.24) is 10.6 Å². The summed E-state index contributed by atoms with van der Waals surface area (Å²) in [6, 6.07) is -0.159. The Balaban J connectivity index is 2.62. The Morgan fingerprint density at radius 3 is 2.21 bits per heavy atom. The molecule has 0 bridgehead atoms. The first-order valence-electron chi connectivity index (χ1n) is 4.35. The van der Waals surface area contributed by atoms with Crippen molar-refractivity contribution in [2.75, 3.05) is 6.61 Å². The van der Waals surface area contributed by atoms with Gasteiger partial charge in [0.25, 0.3) is 0 Å². The Labute approximate surface area is 81.4 Å². The summed E-state index contributed by atoms with van der Waals surface area (Å²) in [6.45, 7) is 3.64. The van der Waals surface area contributed by atoms with E-state index in [2.05, 4.69) is 15.6 Å². The zero-order valence-electron chi connectivity index (χ0n) is 8.07. The normalized spacial score (nSPS) is 20.1. The largest absolute Gasteiger partial charge is 0.396 e. The molecule has 2 amide bonds. The number of guanidine groups is 1. The molecule has 6 heteroatoms. The smallest absolute Gasteiger partial charge is 0.316 e. The summed E-state index contributed by atoms with van der Waals surface area (Å²) in [5.41, 5.74) is 0. The first kappa shape index (κ1) is 10.6. The zero-order chi connectivity index (χ0) is 10.7. The Kier molecular flexibility index (Phi) is 3.19. The van der Waals surface area contributed by atoms with Crippen molar-refractivity contribution in [2.24, 2.45) is 10.9 Å². The van der Waals surface area contributed by atoms with Crippen LogP contribution in [0.2, 0.25) is 0 Å². The molecule has 1 aliphatic rings. The van der Waals surface area contributed by atoms with Crippen molar-refractivity contribution in [3.63, 3.8) is 0 Å². The number of aliphatic hydroxyl groups excluding tert-OH is 1. The molecule has 14 heavy (non-hydrogen) atoms. The molecule has 0 radical (unpaired) electrons. The van der Waals surface area contributed by atoms with Gasteiger partial charge in [0.1, 0.15) is 0 Å². The standard InChI is InChI=1S/C8H13N3O3/c1-4(3-12)5(2)9-8-10-6(13)7(14)11-8/h4-5,12H,3H2,1-2H3,(H2,9,10,11,13,14). The molecule has 1 saturated heterocycles. The summed E-state index contributed by atoms with van der Waals surface area (Å²) in [5.74, 6) is -1.26. The van der Waals surface area contributed by atoms with Gasteiger partial charge in [0.2, 0.25) is 5.96 Å². The van der Waals surface area contributed by atoms with Crippen LogP contribution in [0.5, 0.6) is 0 Å². The predicted molar refractivity (Wildman–Crippen MR) is 49.4 cm³/mol. The summed E-state index contributed by atoms with van der Waals surface area (Å²) in [5, 5.41) is 13.4. The fourth-order valence-corrected chi connectivity index (χ4v) is 0.908. The average Bonchev–Trinajstić information content (AvgIpc) is 2.44. The third kappa shape index (κ3) is 2.29. The fourth-order valence-electron chi connectivity index (χ4n) is 0.908. The summed E-state index contributed by atoms with van der Waals surface area (Å²) < 4.78 is 0. The number of hydrogen-bond acceptors (Lipinski definition) is 4. The second kappa shape index (κ2) is 4.19. The lowest BCUT2D eigenvalue weighted by Gasteiger charge is -2.13. The highest BCUT2D eigenvalue weighted by Crippen LogP contribution is 2.05. The van der Waals surface area contributed by atoms with E-state index >= 15 is 0 Å². The van der Waals surface area contributed by atoms with E-state index in [4.69, 9.17) is 5.11 Å². The maximum Gasteiger partial charge on any atom is 0.316 e. The molecule has 0 spiro atoms. The van der Waals surface area contributed by atoms with Crippen molar-refractivity contribution >= 4 is 17.8 Å². The van der Waals surface area contributed by atoms with Crippen LogP contribution in [0.15, 0.2) is 4.99 Å². The van der Waals surface area contributed by atoms with Gasteiger partial charge in [-0.25, -0.2) is 4.99 Å². The van der Waals surface area contributed by atoms with Crippen molar-refractivity contribution < 1.29 is 14.7 Å². The summed E-state index contributed by atoms with van der Waals surface area (Å²) in [7, 11) is 0. The number of carbonyl (C=O) groups is 2. The number of aliphatic imine (C=N–C) groups is 1. The van der Waals surface area contributed by atoms with Crippen LogP contribution in [0.3, 0.4) is 0 Å². The first-order chi connectivity index (χ1) is 6.54. The lowest BCUT2D eigenvalue weighted by atomic mass is 10.1. The molecule has 0 aromatic carbocycles. The highest BCUT2D eigenvalue weighted by atomic mass is 16.3. The molecule has 2 atom stereocenters. The topological polar surface area (TPSA) is 90.8 Å². The van der Waals surface area contributed by atoms with Gasteiger partial charge in [-0.15, -0.1) is 0 Å². The third-order valence-corrected chi connectivity index (χ3v) is 2.11. The van der Waals surface area contributed by atoms with Crippen LogP contribution in [0, 0.1) is 5.92 Å². The molecule has 1 fully saturated rings.